The maximum atomic E-state index is 9.61. The molecule has 0 aliphatic heterocycles. The molecule has 0 saturated heterocycles. The minimum absolute atomic E-state index is 0.0549. The molecule has 1 aromatic heterocycles. The Morgan fingerprint density at radius 2 is 2.05 bits per heavy atom. The summed E-state index contributed by atoms with van der Waals surface area (Å²) in [4.78, 5) is 0. The third kappa shape index (κ3) is 3.99. The fraction of sp³-hybridized carbons (Fsp3) is 0.846. The number of aromatic nitrogens is 3. The van der Waals surface area contributed by atoms with E-state index in [-0.39, 0.29) is 18.6 Å². The van der Waals surface area contributed by atoms with Gasteiger partial charge in [0.1, 0.15) is 0 Å². The number of nitrogens with one attached hydrogen (secondary N) is 1. The zero-order chi connectivity index (χ0) is 13.6. The van der Waals surface area contributed by atoms with Crippen molar-refractivity contribution in [2.75, 3.05) is 19.8 Å². The lowest BCUT2D eigenvalue weighted by molar-refractivity contribution is 0.0810. The second-order valence-corrected chi connectivity index (χ2v) is 5.52. The lowest BCUT2D eigenvalue weighted by Gasteiger charge is -2.35. The summed E-state index contributed by atoms with van der Waals surface area (Å²) in [5.74, 6) is 0. The number of nitrogens with zero attached hydrogens (tertiary/aromatic N) is 3. The molecule has 1 aliphatic carbocycles. The summed E-state index contributed by atoms with van der Waals surface area (Å²) >= 11 is 0. The van der Waals surface area contributed by atoms with Crippen LogP contribution in [-0.2, 0) is 13.1 Å². The minimum atomic E-state index is 0.0549. The van der Waals surface area contributed by atoms with Crippen molar-refractivity contribution in [1.29, 1.82) is 0 Å². The van der Waals surface area contributed by atoms with Gasteiger partial charge >= 0.3 is 0 Å². The summed E-state index contributed by atoms with van der Waals surface area (Å²) in [6, 6.07) is 0. The Labute approximate surface area is 113 Å². The van der Waals surface area contributed by atoms with Gasteiger partial charge in [-0.2, -0.15) is 0 Å². The second kappa shape index (κ2) is 6.98. The largest absolute Gasteiger partial charge is 0.396 e. The van der Waals surface area contributed by atoms with Gasteiger partial charge in [0.15, 0.2) is 0 Å². The molecular weight excluding hydrogens is 244 g/mol. The van der Waals surface area contributed by atoms with Gasteiger partial charge in [0.25, 0.3) is 0 Å². The predicted octanol–water partition coefficient (Wildman–Crippen LogP) is 0.303. The van der Waals surface area contributed by atoms with Crippen LogP contribution in [0.1, 0.15) is 37.8 Å². The summed E-state index contributed by atoms with van der Waals surface area (Å²) in [6.07, 6.45) is 7.78. The maximum absolute atomic E-state index is 9.61. The topological polar surface area (TPSA) is 83.2 Å². The van der Waals surface area contributed by atoms with Crippen molar-refractivity contribution in [3.63, 3.8) is 0 Å². The molecule has 0 bridgehead atoms. The molecule has 0 atom stereocenters. The van der Waals surface area contributed by atoms with E-state index in [9.17, 15) is 5.11 Å². The van der Waals surface area contributed by atoms with Crippen molar-refractivity contribution in [3.05, 3.63) is 11.9 Å². The highest BCUT2D eigenvalue weighted by Crippen LogP contribution is 2.35. The van der Waals surface area contributed by atoms with Crippen molar-refractivity contribution >= 4 is 0 Å². The van der Waals surface area contributed by atoms with Crippen LogP contribution in [0.2, 0.25) is 0 Å². The van der Waals surface area contributed by atoms with Crippen LogP contribution in [0, 0.1) is 5.41 Å². The molecule has 6 heteroatoms. The third-order valence-electron chi connectivity index (χ3n) is 3.97. The van der Waals surface area contributed by atoms with E-state index in [0.29, 0.717) is 13.1 Å². The highest BCUT2D eigenvalue weighted by Gasteiger charge is 2.30. The zero-order valence-electron chi connectivity index (χ0n) is 11.4. The standard InChI is InChI=1S/C13H24N4O2/c18-7-6-17-9-12(15-16-17)8-14-10-13(11-19)4-2-1-3-5-13/h9,14,18-19H,1-8,10-11H2. The molecule has 1 aliphatic rings. The number of hydrogen-bond acceptors (Lipinski definition) is 5. The highest BCUT2D eigenvalue weighted by molar-refractivity contribution is 4.93. The highest BCUT2D eigenvalue weighted by atomic mass is 16.3. The molecule has 0 aromatic carbocycles. The maximum Gasteiger partial charge on any atom is 0.0964 e. The molecular formula is C13H24N4O2. The molecule has 0 spiro atoms. The number of aliphatic hydroxyl groups excluding tert-OH is 2. The van der Waals surface area contributed by atoms with Crippen molar-refractivity contribution in [2.45, 2.75) is 45.2 Å². The molecule has 0 amide bonds. The Hall–Kier alpha value is -0.980. The first-order valence-corrected chi connectivity index (χ1v) is 7.09. The van der Waals surface area contributed by atoms with Gasteiger partial charge in [0.05, 0.1) is 18.8 Å². The summed E-state index contributed by atoms with van der Waals surface area (Å²) in [7, 11) is 0. The molecule has 3 N–H and O–H groups in total. The molecule has 1 fully saturated rings. The van der Waals surface area contributed by atoms with Crippen LogP contribution in [-0.4, -0.2) is 45.0 Å². The van der Waals surface area contributed by atoms with Gasteiger partial charge in [-0.15, -0.1) is 5.10 Å². The quantitative estimate of drug-likeness (QED) is 0.662. The monoisotopic (exact) mass is 268 g/mol. The van der Waals surface area contributed by atoms with Crippen molar-refractivity contribution < 1.29 is 10.2 Å². The summed E-state index contributed by atoms with van der Waals surface area (Å²) in [5, 5.41) is 29.8. The van der Waals surface area contributed by atoms with Gasteiger partial charge in [-0.25, -0.2) is 4.68 Å². The lowest BCUT2D eigenvalue weighted by Crippen LogP contribution is -2.38. The van der Waals surface area contributed by atoms with Gasteiger partial charge in [-0.1, -0.05) is 24.5 Å². The van der Waals surface area contributed by atoms with Crippen LogP contribution in [0.25, 0.3) is 0 Å². The van der Waals surface area contributed by atoms with E-state index in [4.69, 9.17) is 5.11 Å². The van der Waals surface area contributed by atoms with Crippen LogP contribution in [0.5, 0.6) is 0 Å². The van der Waals surface area contributed by atoms with E-state index in [2.05, 4.69) is 15.6 Å². The SMILES string of the molecule is OCCn1cc(CNCC2(CO)CCCCC2)nn1. The number of hydrogen-bond donors (Lipinski definition) is 3. The Morgan fingerprint density at radius 3 is 2.74 bits per heavy atom. The van der Waals surface area contributed by atoms with E-state index in [1.165, 1.54) is 19.3 Å². The first-order chi connectivity index (χ1) is 9.28. The summed E-state index contributed by atoms with van der Waals surface area (Å²) in [5.41, 5.74) is 0.927. The van der Waals surface area contributed by atoms with Crippen LogP contribution < -0.4 is 5.32 Å². The molecule has 0 radical (unpaired) electrons. The minimum Gasteiger partial charge on any atom is -0.396 e. The summed E-state index contributed by atoms with van der Waals surface area (Å²) < 4.78 is 1.64. The van der Waals surface area contributed by atoms with Gasteiger partial charge in [0, 0.05) is 31.3 Å². The van der Waals surface area contributed by atoms with Gasteiger partial charge in [0.2, 0.25) is 0 Å². The lowest BCUT2D eigenvalue weighted by atomic mass is 9.74. The first kappa shape index (κ1) is 14.4. The predicted molar refractivity (Wildman–Crippen MR) is 71.4 cm³/mol. The molecule has 19 heavy (non-hydrogen) atoms. The molecule has 0 unspecified atom stereocenters. The van der Waals surface area contributed by atoms with Gasteiger partial charge < -0.3 is 15.5 Å². The van der Waals surface area contributed by atoms with Gasteiger partial charge in [-0.05, 0) is 12.8 Å². The van der Waals surface area contributed by atoms with Crippen molar-refractivity contribution in [3.8, 4) is 0 Å². The normalized spacial score (nSPS) is 18.6. The average Bonchev–Trinajstić information content (AvgIpc) is 2.88. The smallest absolute Gasteiger partial charge is 0.0964 e. The van der Waals surface area contributed by atoms with Crippen molar-refractivity contribution in [1.82, 2.24) is 20.3 Å². The number of rotatable bonds is 7. The Bertz CT molecular complexity index is 374. The molecule has 1 heterocycles. The zero-order valence-corrected chi connectivity index (χ0v) is 11.4. The summed E-state index contributed by atoms with van der Waals surface area (Å²) in [6.45, 7) is 2.30. The Kier molecular flexibility index (Phi) is 5.30. The second-order valence-electron chi connectivity index (χ2n) is 5.52. The fourth-order valence-electron chi connectivity index (χ4n) is 2.78. The molecule has 108 valence electrons. The first-order valence-electron chi connectivity index (χ1n) is 7.09. The van der Waals surface area contributed by atoms with E-state index in [1.54, 1.807) is 4.68 Å². The molecule has 1 aromatic rings. The third-order valence-corrected chi connectivity index (χ3v) is 3.97. The van der Waals surface area contributed by atoms with E-state index in [0.717, 1.165) is 25.1 Å². The Morgan fingerprint density at radius 1 is 1.26 bits per heavy atom. The molecule has 6 nitrogen and oxygen atoms in total. The average molecular weight is 268 g/mol. The van der Waals surface area contributed by atoms with Crippen LogP contribution in [0.3, 0.4) is 0 Å². The Balaban J connectivity index is 1.78. The molecule has 1 saturated carbocycles. The van der Waals surface area contributed by atoms with Crippen LogP contribution in [0.15, 0.2) is 6.20 Å². The van der Waals surface area contributed by atoms with Gasteiger partial charge in [-0.3, -0.25) is 0 Å². The van der Waals surface area contributed by atoms with E-state index in [1.807, 2.05) is 6.20 Å². The van der Waals surface area contributed by atoms with E-state index >= 15 is 0 Å². The fourth-order valence-corrected chi connectivity index (χ4v) is 2.78. The van der Waals surface area contributed by atoms with E-state index < -0.39 is 0 Å². The van der Waals surface area contributed by atoms with Crippen LogP contribution in [0.4, 0.5) is 0 Å². The number of aliphatic hydroxyl groups is 2. The van der Waals surface area contributed by atoms with Crippen molar-refractivity contribution in [2.24, 2.45) is 5.41 Å². The molecule has 2 rings (SSSR count). The van der Waals surface area contributed by atoms with Crippen LogP contribution >= 0.6 is 0 Å².